The van der Waals surface area contributed by atoms with E-state index in [4.69, 9.17) is 13.8 Å². The molecule has 36 heavy (non-hydrogen) atoms. The Balaban J connectivity index is 2.06. The number of hydrogen-bond donors (Lipinski definition) is 0. The van der Waals surface area contributed by atoms with Crippen LogP contribution in [0.4, 0.5) is 0 Å². The number of allylic oxidation sites excluding steroid dienone is 1. The number of carbonyl (C=O) groups excluding carboxylic acids is 4. The molecule has 0 spiro atoms. The maximum atomic E-state index is 13.9. The van der Waals surface area contributed by atoms with Gasteiger partial charge < -0.3 is 18.7 Å². The molecule has 2 aliphatic rings. The summed E-state index contributed by atoms with van der Waals surface area (Å²) >= 11 is 0. The van der Waals surface area contributed by atoms with Crippen LogP contribution in [0.1, 0.15) is 68.2 Å². The van der Waals surface area contributed by atoms with E-state index < -0.39 is 54.8 Å². The molecule has 1 aromatic rings. The van der Waals surface area contributed by atoms with Crippen molar-refractivity contribution in [3.05, 3.63) is 48.0 Å². The number of rotatable bonds is 11. The zero-order valence-electron chi connectivity index (χ0n) is 21.3. The highest BCUT2D eigenvalue weighted by atomic mass is 31.2. The van der Waals surface area contributed by atoms with Crippen LogP contribution in [0.25, 0.3) is 0 Å². The van der Waals surface area contributed by atoms with E-state index in [1.54, 1.807) is 52.8 Å². The van der Waals surface area contributed by atoms with Gasteiger partial charge in [-0.2, -0.15) is 0 Å². The van der Waals surface area contributed by atoms with Crippen LogP contribution in [0.5, 0.6) is 0 Å². The summed E-state index contributed by atoms with van der Waals surface area (Å²) in [6.07, 6.45) is 2.28. The molecule has 0 aliphatic carbocycles. The molecule has 3 rings (SSSR count). The van der Waals surface area contributed by atoms with E-state index in [9.17, 15) is 23.7 Å². The Morgan fingerprint density at radius 2 is 1.61 bits per heavy atom. The molecule has 0 bridgehead atoms. The van der Waals surface area contributed by atoms with Gasteiger partial charge in [-0.1, -0.05) is 18.2 Å². The SMILES string of the molecule is C=CCC[C@@H]1[C@H](N2C(=O)c3ccccc3C2=O)C(=O)N1C(C(=O)OC(C)(C)C)P(=O)(OCC)OCC. The van der Waals surface area contributed by atoms with Gasteiger partial charge in [0.05, 0.1) is 30.4 Å². The average molecular weight is 521 g/mol. The Labute approximate surface area is 211 Å². The van der Waals surface area contributed by atoms with Crippen LogP contribution in [0.15, 0.2) is 36.9 Å². The lowest BCUT2D eigenvalue weighted by atomic mass is 9.89. The summed E-state index contributed by atoms with van der Waals surface area (Å²) in [5.74, 6) is -4.56. The van der Waals surface area contributed by atoms with Crippen LogP contribution in [0.3, 0.4) is 0 Å². The largest absolute Gasteiger partial charge is 0.458 e. The molecule has 10 nitrogen and oxygen atoms in total. The van der Waals surface area contributed by atoms with Gasteiger partial charge in [0.15, 0.2) is 0 Å². The molecule has 3 atom stereocenters. The van der Waals surface area contributed by atoms with E-state index >= 15 is 0 Å². The van der Waals surface area contributed by atoms with Crippen molar-refractivity contribution in [3.8, 4) is 0 Å². The average Bonchev–Trinajstić information content (AvgIpc) is 3.04. The van der Waals surface area contributed by atoms with Crippen LogP contribution < -0.4 is 0 Å². The van der Waals surface area contributed by atoms with E-state index in [0.29, 0.717) is 6.42 Å². The van der Waals surface area contributed by atoms with Crippen molar-refractivity contribution in [3.63, 3.8) is 0 Å². The number of hydrogen-bond acceptors (Lipinski definition) is 8. The van der Waals surface area contributed by atoms with Crippen molar-refractivity contribution in [2.45, 2.75) is 70.9 Å². The number of ether oxygens (including phenoxy) is 1. The minimum absolute atomic E-state index is 0.0439. The number of esters is 1. The highest BCUT2D eigenvalue weighted by Gasteiger charge is 2.63. The van der Waals surface area contributed by atoms with Gasteiger partial charge in [-0.15, -0.1) is 6.58 Å². The van der Waals surface area contributed by atoms with Crippen molar-refractivity contribution < 1.29 is 37.5 Å². The molecule has 1 saturated heterocycles. The number of benzene rings is 1. The molecular weight excluding hydrogens is 487 g/mol. The first kappa shape index (κ1) is 27.8. The molecule has 0 N–H and O–H groups in total. The maximum Gasteiger partial charge on any atom is 0.364 e. The first-order valence-corrected chi connectivity index (χ1v) is 13.5. The molecule has 0 radical (unpaired) electrons. The summed E-state index contributed by atoms with van der Waals surface area (Å²) in [4.78, 5) is 55.3. The topological polar surface area (TPSA) is 120 Å². The van der Waals surface area contributed by atoms with E-state index in [2.05, 4.69) is 6.58 Å². The quantitative estimate of drug-likeness (QED) is 0.142. The number of likely N-dealkylation sites (tertiary alicyclic amines) is 1. The number of imide groups is 1. The molecule has 2 heterocycles. The van der Waals surface area contributed by atoms with Gasteiger partial charge in [0.1, 0.15) is 11.6 Å². The second-order valence-corrected chi connectivity index (χ2v) is 11.5. The Kier molecular flexibility index (Phi) is 8.23. The van der Waals surface area contributed by atoms with Crippen molar-refractivity contribution in [2.75, 3.05) is 13.2 Å². The number of carbonyl (C=O) groups is 4. The summed E-state index contributed by atoms with van der Waals surface area (Å²) in [5.41, 5.74) is -0.547. The number of β-lactam (4-membered cyclic amide) rings is 1. The molecule has 1 unspecified atom stereocenters. The van der Waals surface area contributed by atoms with E-state index in [-0.39, 0.29) is 30.8 Å². The standard InChI is InChI=1S/C25H33N2O8P/c1-7-10-15-18-19(27-20(28)16-13-11-12-14-17(16)21(27)29)22(30)26(18)23(24(31)35-25(4,5)6)36(32,33-8-2)34-9-3/h7,11-14,18-19,23H,1,8-10,15H2,2-6H3/t18-,19+,23?/m1/s1. The lowest BCUT2D eigenvalue weighted by molar-refractivity contribution is -0.174. The number of nitrogens with zero attached hydrogens (tertiary/aromatic N) is 2. The lowest BCUT2D eigenvalue weighted by Crippen LogP contribution is -2.74. The highest BCUT2D eigenvalue weighted by Crippen LogP contribution is 2.57. The fourth-order valence-corrected chi connectivity index (χ4v) is 6.45. The summed E-state index contributed by atoms with van der Waals surface area (Å²) < 4.78 is 30.3. The monoisotopic (exact) mass is 520 g/mol. The third kappa shape index (κ3) is 5.03. The molecule has 3 amide bonds. The van der Waals surface area contributed by atoms with Crippen molar-refractivity contribution in [1.29, 1.82) is 0 Å². The number of amides is 3. The highest BCUT2D eigenvalue weighted by molar-refractivity contribution is 7.55. The van der Waals surface area contributed by atoms with Gasteiger partial charge in [-0.3, -0.25) is 23.8 Å². The zero-order chi connectivity index (χ0) is 26.8. The molecule has 1 aromatic carbocycles. The Morgan fingerprint density at radius 3 is 2.06 bits per heavy atom. The molecule has 196 valence electrons. The van der Waals surface area contributed by atoms with E-state index in [1.165, 1.54) is 12.1 Å². The summed E-state index contributed by atoms with van der Waals surface area (Å²) in [6.45, 7) is 11.7. The van der Waals surface area contributed by atoms with Crippen LogP contribution >= 0.6 is 7.60 Å². The third-order valence-electron chi connectivity index (χ3n) is 5.80. The zero-order valence-corrected chi connectivity index (χ0v) is 22.2. The molecule has 2 aliphatic heterocycles. The maximum absolute atomic E-state index is 13.9. The fraction of sp³-hybridized carbons (Fsp3) is 0.520. The first-order chi connectivity index (χ1) is 16.9. The predicted octanol–water partition coefficient (Wildman–Crippen LogP) is 3.76. The van der Waals surface area contributed by atoms with E-state index in [1.807, 2.05) is 0 Å². The van der Waals surface area contributed by atoms with E-state index in [0.717, 1.165) is 9.80 Å². The first-order valence-electron chi connectivity index (χ1n) is 11.9. The van der Waals surface area contributed by atoms with Crippen LogP contribution in [-0.4, -0.2) is 70.2 Å². The molecule has 0 saturated carbocycles. The summed E-state index contributed by atoms with van der Waals surface area (Å²) in [5, 5.41) is 0. The summed E-state index contributed by atoms with van der Waals surface area (Å²) in [6, 6.07) is 4.31. The van der Waals surface area contributed by atoms with Crippen molar-refractivity contribution in [1.82, 2.24) is 9.80 Å². The van der Waals surface area contributed by atoms with Gasteiger partial charge >= 0.3 is 13.6 Å². The summed E-state index contributed by atoms with van der Waals surface area (Å²) in [7, 11) is -4.23. The molecule has 1 fully saturated rings. The van der Waals surface area contributed by atoms with Crippen LogP contribution in [-0.2, 0) is 27.9 Å². The van der Waals surface area contributed by atoms with Crippen LogP contribution in [0, 0.1) is 0 Å². The van der Waals surface area contributed by atoms with Gasteiger partial charge in [0, 0.05) is 0 Å². The molecule has 11 heteroatoms. The van der Waals surface area contributed by atoms with Crippen molar-refractivity contribution in [2.24, 2.45) is 0 Å². The smallest absolute Gasteiger partial charge is 0.364 e. The van der Waals surface area contributed by atoms with Gasteiger partial charge in [0.25, 0.3) is 11.8 Å². The van der Waals surface area contributed by atoms with Gasteiger partial charge in [-0.05, 0) is 59.6 Å². The minimum Gasteiger partial charge on any atom is -0.458 e. The second kappa shape index (κ2) is 10.7. The minimum atomic E-state index is -4.23. The van der Waals surface area contributed by atoms with Crippen molar-refractivity contribution >= 4 is 31.3 Å². The normalized spacial score (nSPS) is 20.8. The molecular formula is C25H33N2O8P. The predicted molar refractivity (Wildman–Crippen MR) is 131 cm³/mol. The second-order valence-electron chi connectivity index (χ2n) is 9.43. The van der Waals surface area contributed by atoms with Gasteiger partial charge in [0.2, 0.25) is 11.7 Å². The third-order valence-corrected chi connectivity index (χ3v) is 8.09. The Morgan fingerprint density at radius 1 is 1.08 bits per heavy atom. The van der Waals surface area contributed by atoms with Crippen LogP contribution in [0.2, 0.25) is 0 Å². The lowest BCUT2D eigenvalue weighted by Gasteiger charge is -2.52. The fourth-order valence-electron chi connectivity index (χ4n) is 4.47. The Hall–Kier alpha value is -2.81. The number of fused-ring (bicyclic) bond motifs is 1. The van der Waals surface area contributed by atoms with Gasteiger partial charge in [-0.25, -0.2) is 4.79 Å². The molecule has 0 aromatic heterocycles. The Bertz CT molecular complexity index is 1070.